The van der Waals surface area contributed by atoms with Gasteiger partial charge in [-0.05, 0) is 6.92 Å². The number of rotatable bonds is 8. The summed E-state index contributed by atoms with van der Waals surface area (Å²) >= 11 is 0. The summed E-state index contributed by atoms with van der Waals surface area (Å²) in [6, 6.07) is -0.388. The van der Waals surface area contributed by atoms with Crippen molar-refractivity contribution in [1.82, 2.24) is 10.6 Å². The summed E-state index contributed by atoms with van der Waals surface area (Å²) < 4.78 is 4.77. The van der Waals surface area contributed by atoms with Gasteiger partial charge in [-0.2, -0.15) is 0 Å². The molecule has 0 aromatic heterocycles. The van der Waals surface area contributed by atoms with Gasteiger partial charge in [0.2, 0.25) is 5.91 Å². The lowest BCUT2D eigenvalue weighted by Gasteiger charge is -2.12. The predicted molar refractivity (Wildman–Crippen MR) is 54.6 cm³/mol. The fraction of sp³-hybridized carbons (Fsp3) is 0.778. The highest BCUT2D eigenvalue weighted by Gasteiger charge is 2.11. The Hall–Kier alpha value is -1.14. The number of hydrogen-bond donors (Lipinski definition) is 3. The van der Waals surface area contributed by atoms with E-state index in [1.165, 1.54) is 0 Å². The van der Waals surface area contributed by atoms with Crippen molar-refractivity contribution in [3.05, 3.63) is 0 Å². The summed E-state index contributed by atoms with van der Waals surface area (Å²) in [6.45, 7) is 2.89. The summed E-state index contributed by atoms with van der Waals surface area (Å²) in [5.41, 5.74) is 0. The van der Waals surface area contributed by atoms with Crippen molar-refractivity contribution >= 4 is 11.9 Å². The van der Waals surface area contributed by atoms with E-state index in [1.54, 1.807) is 14.0 Å². The molecule has 1 atom stereocenters. The lowest BCUT2D eigenvalue weighted by molar-refractivity contribution is -0.137. The molecule has 1 unspecified atom stereocenters. The van der Waals surface area contributed by atoms with Crippen LogP contribution < -0.4 is 10.6 Å². The first-order valence-electron chi connectivity index (χ1n) is 4.79. The summed E-state index contributed by atoms with van der Waals surface area (Å²) in [5, 5.41) is 13.8. The smallest absolute Gasteiger partial charge is 0.304 e. The molecule has 0 fully saturated rings. The zero-order chi connectivity index (χ0) is 11.7. The number of amides is 1. The van der Waals surface area contributed by atoms with Crippen LogP contribution in [0.2, 0.25) is 0 Å². The molecule has 3 N–H and O–H groups in total. The molecule has 0 bridgehead atoms. The Balaban J connectivity index is 3.55. The van der Waals surface area contributed by atoms with E-state index in [2.05, 4.69) is 10.6 Å². The molecule has 0 saturated carbocycles. The zero-order valence-corrected chi connectivity index (χ0v) is 9.08. The molecule has 0 spiro atoms. The predicted octanol–water partition coefficient (Wildman–Crippen LogP) is -0.798. The second kappa shape index (κ2) is 8.19. The third-order valence-electron chi connectivity index (χ3n) is 1.79. The van der Waals surface area contributed by atoms with Crippen molar-refractivity contribution in [2.75, 3.05) is 26.8 Å². The first kappa shape index (κ1) is 13.9. The Kier molecular flexibility index (Phi) is 7.57. The minimum atomic E-state index is -0.880. The maximum Gasteiger partial charge on any atom is 0.304 e. The first-order chi connectivity index (χ1) is 7.07. The SMILES string of the molecule is COCCNC(=O)C(C)NCCC(=O)O. The Morgan fingerprint density at radius 1 is 1.40 bits per heavy atom. The highest BCUT2D eigenvalue weighted by atomic mass is 16.5. The quantitative estimate of drug-likeness (QED) is 0.464. The molecular weight excluding hydrogens is 200 g/mol. The van der Waals surface area contributed by atoms with Crippen LogP contribution in [0.5, 0.6) is 0 Å². The Bertz CT molecular complexity index is 208. The molecule has 0 aliphatic heterocycles. The number of carboxylic acids is 1. The fourth-order valence-electron chi connectivity index (χ4n) is 0.918. The van der Waals surface area contributed by atoms with Crippen LogP contribution in [0.25, 0.3) is 0 Å². The van der Waals surface area contributed by atoms with Crippen LogP contribution in [0, 0.1) is 0 Å². The molecule has 1 amide bonds. The van der Waals surface area contributed by atoms with E-state index in [0.29, 0.717) is 13.2 Å². The molecule has 0 saturated heterocycles. The molecule has 0 heterocycles. The van der Waals surface area contributed by atoms with Gasteiger partial charge in [-0.25, -0.2) is 0 Å². The van der Waals surface area contributed by atoms with E-state index in [9.17, 15) is 9.59 Å². The number of nitrogens with one attached hydrogen (secondary N) is 2. The number of carboxylic acid groups (broad SMARTS) is 1. The number of carbonyl (C=O) groups excluding carboxylic acids is 1. The van der Waals surface area contributed by atoms with E-state index in [0.717, 1.165) is 0 Å². The molecule has 0 rings (SSSR count). The molecular formula is C9H18N2O4. The molecule has 0 radical (unpaired) electrons. The average Bonchev–Trinajstić information content (AvgIpc) is 2.17. The van der Waals surface area contributed by atoms with Gasteiger partial charge in [0.05, 0.1) is 19.1 Å². The molecule has 6 nitrogen and oxygen atoms in total. The van der Waals surface area contributed by atoms with Gasteiger partial charge in [-0.15, -0.1) is 0 Å². The number of aliphatic carboxylic acids is 1. The van der Waals surface area contributed by atoms with Crippen LogP contribution in [0.1, 0.15) is 13.3 Å². The van der Waals surface area contributed by atoms with Crippen LogP contribution in [-0.2, 0) is 14.3 Å². The van der Waals surface area contributed by atoms with Crippen LogP contribution >= 0.6 is 0 Å². The zero-order valence-electron chi connectivity index (χ0n) is 9.08. The largest absolute Gasteiger partial charge is 0.481 e. The van der Waals surface area contributed by atoms with Gasteiger partial charge in [-0.1, -0.05) is 0 Å². The lowest BCUT2D eigenvalue weighted by Crippen LogP contribution is -2.43. The molecule has 0 aromatic rings. The standard InChI is InChI=1S/C9H18N2O4/c1-7(10-4-3-8(12)13)9(14)11-5-6-15-2/h7,10H,3-6H2,1-2H3,(H,11,14)(H,12,13). The van der Waals surface area contributed by atoms with Gasteiger partial charge in [0, 0.05) is 20.2 Å². The summed E-state index contributed by atoms with van der Waals surface area (Å²) in [5.74, 6) is -1.04. The van der Waals surface area contributed by atoms with E-state index >= 15 is 0 Å². The van der Waals surface area contributed by atoms with Crippen LogP contribution in [0.3, 0.4) is 0 Å². The highest BCUT2D eigenvalue weighted by Crippen LogP contribution is 1.84. The van der Waals surface area contributed by atoms with Crippen molar-refractivity contribution in [3.63, 3.8) is 0 Å². The van der Waals surface area contributed by atoms with E-state index in [-0.39, 0.29) is 24.9 Å². The molecule has 6 heteroatoms. The molecule has 88 valence electrons. The molecule has 0 aliphatic rings. The van der Waals surface area contributed by atoms with Crippen LogP contribution in [0.4, 0.5) is 0 Å². The minimum Gasteiger partial charge on any atom is -0.481 e. The van der Waals surface area contributed by atoms with Crippen molar-refractivity contribution < 1.29 is 19.4 Å². The first-order valence-corrected chi connectivity index (χ1v) is 4.79. The number of hydrogen-bond acceptors (Lipinski definition) is 4. The van der Waals surface area contributed by atoms with Crippen molar-refractivity contribution in [3.8, 4) is 0 Å². The molecule has 15 heavy (non-hydrogen) atoms. The monoisotopic (exact) mass is 218 g/mol. The fourth-order valence-corrected chi connectivity index (χ4v) is 0.918. The maximum atomic E-state index is 11.3. The summed E-state index contributed by atoms with van der Waals surface area (Å²) in [4.78, 5) is 21.5. The molecule has 0 aliphatic carbocycles. The van der Waals surface area contributed by atoms with Gasteiger partial charge in [0.1, 0.15) is 0 Å². The van der Waals surface area contributed by atoms with Crippen molar-refractivity contribution in [2.45, 2.75) is 19.4 Å². The summed E-state index contributed by atoms with van der Waals surface area (Å²) in [6.07, 6.45) is 0.00961. The lowest BCUT2D eigenvalue weighted by atomic mass is 10.3. The van der Waals surface area contributed by atoms with Gasteiger partial charge < -0.3 is 20.5 Å². The van der Waals surface area contributed by atoms with Crippen LogP contribution in [0.15, 0.2) is 0 Å². The Morgan fingerprint density at radius 2 is 2.07 bits per heavy atom. The normalized spacial score (nSPS) is 12.1. The van der Waals surface area contributed by atoms with E-state index < -0.39 is 5.97 Å². The third kappa shape index (κ3) is 7.90. The molecule has 0 aromatic carbocycles. The Morgan fingerprint density at radius 3 is 2.60 bits per heavy atom. The van der Waals surface area contributed by atoms with Gasteiger partial charge in [0.15, 0.2) is 0 Å². The maximum absolute atomic E-state index is 11.3. The third-order valence-corrected chi connectivity index (χ3v) is 1.79. The van der Waals surface area contributed by atoms with Gasteiger partial charge >= 0.3 is 5.97 Å². The second-order valence-electron chi connectivity index (χ2n) is 3.10. The van der Waals surface area contributed by atoms with Crippen LogP contribution in [-0.4, -0.2) is 49.8 Å². The van der Waals surface area contributed by atoms with Crippen molar-refractivity contribution in [2.24, 2.45) is 0 Å². The minimum absolute atomic E-state index is 0.00961. The average molecular weight is 218 g/mol. The second-order valence-corrected chi connectivity index (χ2v) is 3.10. The van der Waals surface area contributed by atoms with E-state index in [1.807, 2.05) is 0 Å². The Labute approximate surface area is 89.0 Å². The number of carbonyl (C=O) groups is 2. The summed E-state index contributed by atoms with van der Waals surface area (Å²) in [7, 11) is 1.56. The topological polar surface area (TPSA) is 87.7 Å². The number of methoxy groups -OCH3 is 1. The number of ether oxygens (including phenoxy) is 1. The van der Waals surface area contributed by atoms with Crippen molar-refractivity contribution in [1.29, 1.82) is 0 Å². The van der Waals surface area contributed by atoms with Gasteiger partial charge in [-0.3, -0.25) is 9.59 Å². The van der Waals surface area contributed by atoms with E-state index in [4.69, 9.17) is 9.84 Å². The van der Waals surface area contributed by atoms with Gasteiger partial charge in [0.25, 0.3) is 0 Å². The highest BCUT2D eigenvalue weighted by molar-refractivity contribution is 5.81.